The van der Waals surface area contributed by atoms with Gasteiger partial charge in [0.1, 0.15) is 6.33 Å². The molecule has 0 atom stereocenters. The molecule has 102 valence electrons. The van der Waals surface area contributed by atoms with Gasteiger partial charge in [0.15, 0.2) is 0 Å². The number of thiazole rings is 1. The summed E-state index contributed by atoms with van der Waals surface area (Å²) >= 11 is 1.63. The van der Waals surface area contributed by atoms with Crippen molar-refractivity contribution in [2.75, 3.05) is 0 Å². The molecule has 0 bridgehead atoms. The zero-order chi connectivity index (χ0) is 14.3. The molecule has 0 N–H and O–H groups in total. The lowest BCUT2D eigenvalue weighted by molar-refractivity contribution is -0.291. The molecule has 0 radical (unpaired) electrons. The Morgan fingerprint density at radius 3 is 2.32 bits per heavy atom. The molecule has 0 fully saturated rings. The molecule has 19 heavy (non-hydrogen) atoms. The lowest BCUT2D eigenvalue weighted by Crippen LogP contribution is -2.19. The molecule has 0 amide bonds. The number of rotatable bonds is 1. The maximum Gasteiger partial charge on any atom is 0.575 e. The number of esters is 1. The number of aryl methyl sites for hydroxylation is 1. The zero-order valence-electron chi connectivity index (χ0n) is 9.59. The largest absolute Gasteiger partial charge is 0.575 e. The SMILES string of the molecule is Cc1cscn1.O=C(OC(F)(F)F)c1cncnc1. The Kier molecular flexibility index (Phi) is 5.37. The summed E-state index contributed by atoms with van der Waals surface area (Å²) in [5.41, 5.74) is 2.59. The number of halogens is 3. The van der Waals surface area contributed by atoms with Crippen LogP contribution in [0.1, 0.15) is 16.1 Å². The number of carbonyl (C=O) groups is 1. The van der Waals surface area contributed by atoms with Crippen LogP contribution in [0.4, 0.5) is 13.2 Å². The van der Waals surface area contributed by atoms with Gasteiger partial charge in [-0.1, -0.05) is 0 Å². The summed E-state index contributed by atoms with van der Waals surface area (Å²) in [4.78, 5) is 21.3. The molecule has 0 aliphatic heterocycles. The monoisotopic (exact) mass is 291 g/mol. The molecule has 0 saturated carbocycles. The van der Waals surface area contributed by atoms with Gasteiger partial charge in [-0.2, -0.15) is 0 Å². The van der Waals surface area contributed by atoms with E-state index in [9.17, 15) is 18.0 Å². The van der Waals surface area contributed by atoms with E-state index >= 15 is 0 Å². The molecule has 0 aromatic carbocycles. The fourth-order valence-corrected chi connectivity index (χ4v) is 1.39. The van der Waals surface area contributed by atoms with Crippen molar-refractivity contribution < 1.29 is 22.7 Å². The van der Waals surface area contributed by atoms with Gasteiger partial charge in [0, 0.05) is 23.5 Å². The second-order valence-corrected chi connectivity index (χ2v) is 3.81. The van der Waals surface area contributed by atoms with Crippen LogP contribution in [0, 0.1) is 6.92 Å². The summed E-state index contributed by atoms with van der Waals surface area (Å²) in [6.45, 7) is 1.98. The van der Waals surface area contributed by atoms with Crippen molar-refractivity contribution in [3.8, 4) is 0 Å². The van der Waals surface area contributed by atoms with Crippen molar-refractivity contribution in [1.82, 2.24) is 15.0 Å². The Labute approximate surface area is 110 Å². The Morgan fingerprint density at radius 1 is 1.32 bits per heavy atom. The standard InChI is InChI=1S/C6H3F3N2O2.C4H5NS/c7-6(8,9)13-5(12)4-1-10-3-11-2-4;1-4-2-6-3-5-4/h1-3H;2-3H,1H3. The lowest BCUT2D eigenvalue weighted by atomic mass is 10.3. The first-order valence-electron chi connectivity index (χ1n) is 4.78. The van der Waals surface area contributed by atoms with Gasteiger partial charge in [-0.25, -0.2) is 14.8 Å². The quantitative estimate of drug-likeness (QED) is 0.756. The third-order valence-corrected chi connectivity index (χ3v) is 2.26. The Morgan fingerprint density at radius 2 is 1.95 bits per heavy atom. The van der Waals surface area contributed by atoms with Crippen molar-refractivity contribution in [2.45, 2.75) is 13.3 Å². The molecule has 9 heteroatoms. The molecule has 0 unspecified atom stereocenters. The van der Waals surface area contributed by atoms with Crippen molar-refractivity contribution >= 4 is 17.3 Å². The van der Waals surface area contributed by atoms with E-state index in [0.717, 1.165) is 24.4 Å². The van der Waals surface area contributed by atoms with Crippen molar-refractivity contribution in [1.29, 1.82) is 0 Å². The van der Waals surface area contributed by atoms with Crippen molar-refractivity contribution in [3.05, 3.63) is 40.9 Å². The number of ether oxygens (including phenoxy) is 1. The minimum Gasteiger partial charge on any atom is -0.369 e. The van der Waals surface area contributed by atoms with E-state index in [2.05, 4.69) is 19.7 Å². The Balaban J connectivity index is 0.000000250. The van der Waals surface area contributed by atoms with E-state index < -0.39 is 12.3 Å². The highest BCUT2D eigenvalue weighted by Gasteiger charge is 2.34. The number of hydrogen-bond donors (Lipinski definition) is 0. The summed E-state index contributed by atoms with van der Waals surface area (Å²) in [5, 5.41) is 2.01. The molecular weight excluding hydrogens is 283 g/mol. The molecule has 2 heterocycles. The molecule has 0 spiro atoms. The Hall–Kier alpha value is -2.03. The maximum atomic E-state index is 11.5. The van der Waals surface area contributed by atoms with Crippen LogP contribution in [0.3, 0.4) is 0 Å². The predicted octanol–water partition coefficient (Wildman–Crippen LogP) is 2.60. The second kappa shape index (κ2) is 6.78. The first-order valence-corrected chi connectivity index (χ1v) is 5.72. The van der Waals surface area contributed by atoms with Gasteiger partial charge in [-0.15, -0.1) is 24.5 Å². The van der Waals surface area contributed by atoms with Crippen LogP contribution in [-0.4, -0.2) is 27.3 Å². The van der Waals surface area contributed by atoms with Crippen LogP contribution >= 0.6 is 11.3 Å². The predicted molar refractivity (Wildman–Crippen MR) is 60.4 cm³/mol. The van der Waals surface area contributed by atoms with Gasteiger partial charge in [-0.3, -0.25) is 4.98 Å². The average molecular weight is 291 g/mol. The average Bonchev–Trinajstić information content (AvgIpc) is 2.80. The van der Waals surface area contributed by atoms with Gasteiger partial charge in [0.25, 0.3) is 0 Å². The van der Waals surface area contributed by atoms with E-state index in [1.807, 2.05) is 17.8 Å². The first kappa shape index (κ1) is 15.0. The number of aromatic nitrogens is 3. The molecule has 2 rings (SSSR count). The first-order chi connectivity index (χ1) is 8.88. The third kappa shape index (κ3) is 6.46. The van der Waals surface area contributed by atoms with Crippen LogP contribution in [-0.2, 0) is 4.74 Å². The van der Waals surface area contributed by atoms with Gasteiger partial charge in [-0.05, 0) is 6.92 Å². The van der Waals surface area contributed by atoms with Crippen LogP contribution in [0.15, 0.2) is 29.6 Å². The highest BCUT2D eigenvalue weighted by atomic mass is 32.1. The van der Waals surface area contributed by atoms with E-state index in [1.165, 1.54) is 0 Å². The van der Waals surface area contributed by atoms with E-state index in [4.69, 9.17) is 0 Å². The van der Waals surface area contributed by atoms with Crippen LogP contribution in [0.25, 0.3) is 0 Å². The number of carbonyl (C=O) groups excluding carboxylic acids is 1. The fourth-order valence-electron chi connectivity index (χ4n) is 0.841. The maximum absolute atomic E-state index is 11.5. The summed E-state index contributed by atoms with van der Waals surface area (Å²) in [6.07, 6.45) is -2.03. The van der Waals surface area contributed by atoms with E-state index in [-0.39, 0.29) is 5.56 Å². The summed E-state index contributed by atoms with van der Waals surface area (Å²) in [5.74, 6) is -1.52. The highest BCUT2D eigenvalue weighted by Crippen LogP contribution is 2.18. The van der Waals surface area contributed by atoms with E-state index in [1.54, 1.807) is 11.3 Å². The molecule has 0 aliphatic rings. The summed E-state index contributed by atoms with van der Waals surface area (Å²) < 4.78 is 37.6. The summed E-state index contributed by atoms with van der Waals surface area (Å²) in [7, 11) is 0. The third-order valence-electron chi connectivity index (χ3n) is 1.56. The zero-order valence-corrected chi connectivity index (χ0v) is 10.4. The van der Waals surface area contributed by atoms with Gasteiger partial charge < -0.3 is 4.74 Å². The van der Waals surface area contributed by atoms with Crippen LogP contribution in [0.2, 0.25) is 0 Å². The Bertz CT molecular complexity index is 502. The molecule has 2 aromatic rings. The fraction of sp³-hybridized carbons (Fsp3) is 0.200. The molecular formula is C10H8F3N3O2S. The minimum absolute atomic E-state index is 0.347. The molecule has 0 aliphatic carbocycles. The number of alkyl halides is 3. The number of nitrogens with zero attached hydrogens (tertiary/aromatic N) is 3. The molecule has 0 saturated heterocycles. The second-order valence-electron chi connectivity index (χ2n) is 3.09. The topological polar surface area (TPSA) is 65.0 Å². The van der Waals surface area contributed by atoms with Crippen LogP contribution in [0.5, 0.6) is 0 Å². The number of hydrogen-bond acceptors (Lipinski definition) is 6. The summed E-state index contributed by atoms with van der Waals surface area (Å²) in [6, 6.07) is 0. The van der Waals surface area contributed by atoms with Gasteiger partial charge in [0.05, 0.1) is 11.1 Å². The van der Waals surface area contributed by atoms with Crippen LogP contribution < -0.4 is 0 Å². The smallest absolute Gasteiger partial charge is 0.369 e. The lowest BCUT2D eigenvalue weighted by Gasteiger charge is -2.05. The highest BCUT2D eigenvalue weighted by molar-refractivity contribution is 7.07. The van der Waals surface area contributed by atoms with Gasteiger partial charge in [0.2, 0.25) is 0 Å². The normalized spacial score (nSPS) is 10.3. The van der Waals surface area contributed by atoms with Crippen molar-refractivity contribution in [2.24, 2.45) is 0 Å². The van der Waals surface area contributed by atoms with Gasteiger partial charge >= 0.3 is 12.3 Å². The molecule has 2 aromatic heterocycles. The molecule has 5 nitrogen and oxygen atoms in total. The van der Waals surface area contributed by atoms with E-state index in [0.29, 0.717) is 0 Å². The van der Waals surface area contributed by atoms with Crippen molar-refractivity contribution in [3.63, 3.8) is 0 Å². The minimum atomic E-state index is -4.98.